The summed E-state index contributed by atoms with van der Waals surface area (Å²) >= 11 is 6.07. The molecular weight excluding hydrogens is 395 g/mol. The predicted molar refractivity (Wildman–Crippen MR) is 113 cm³/mol. The van der Waals surface area contributed by atoms with Crippen LogP contribution in [-0.2, 0) is 9.59 Å². The molecule has 0 saturated carbocycles. The Morgan fingerprint density at radius 2 is 1.62 bits per heavy atom. The maximum Gasteiger partial charge on any atom is 0.241 e. The summed E-state index contributed by atoms with van der Waals surface area (Å²) < 4.78 is 13.7. The summed E-state index contributed by atoms with van der Waals surface area (Å²) in [6.45, 7) is 4.67. The Bertz CT molecular complexity index is 871. The first-order valence-corrected chi connectivity index (χ1v) is 9.88. The molecule has 1 atom stereocenters. The van der Waals surface area contributed by atoms with E-state index in [1.165, 1.54) is 12.1 Å². The van der Waals surface area contributed by atoms with Crippen molar-refractivity contribution in [1.29, 1.82) is 0 Å². The van der Waals surface area contributed by atoms with Crippen LogP contribution in [0.4, 0.5) is 15.8 Å². The Morgan fingerprint density at radius 1 is 1.00 bits per heavy atom. The lowest BCUT2D eigenvalue weighted by molar-refractivity contribution is -0.122. The smallest absolute Gasteiger partial charge is 0.241 e. The summed E-state index contributed by atoms with van der Waals surface area (Å²) in [4.78, 5) is 28.8. The minimum atomic E-state index is -0.456. The number of amides is 2. The molecule has 1 heterocycles. The van der Waals surface area contributed by atoms with Crippen molar-refractivity contribution in [2.24, 2.45) is 0 Å². The van der Waals surface area contributed by atoms with Gasteiger partial charge >= 0.3 is 0 Å². The second kappa shape index (κ2) is 9.82. The molecule has 1 fully saturated rings. The monoisotopic (exact) mass is 418 g/mol. The van der Waals surface area contributed by atoms with Gasteiger partial charge in [-0.05, 0) is 31.2 Å². The van der Waals surface area contributed by atoms with Crippen LogP contribution < -0.4 is 10.6 Å². The Balaban J connectivity index is 1.46. The van der Waals surface area contributed by atoms with Crippen molar-refractivity contribution in [2.45, 2.75) is 13.0 Å². The van der Waals surface area contributed by atoms with Crippen molar-refractivity contribution in [1.82, 2.24) is 9.80 Å². The Hall–Kier alpha value is -2.48. The molecule has 1 aliphatic heterocycles. The summed E-state index contributed by atoms with van der Waals surface area (Å²) in [6.07, 6.45) is 0. The normalized spacial score (nSPS) is 16.2. The van der Waals surface area contributed by atoms with E-state index < -0.39 is 11.9 Å². The molecule has 6 nitrogen and oxygen atoms in total. The summed E-state index contributed by atoms with van der Waals surface area (Å²) in [5.74, 6) is -0.834. The molecule has 0 aliphatic carbocycles. The third-order valence-corrected chi connectivity index (χ3v) is 5.31. The number of hydrogen-bond donors (Lipinski definition) is 2. The van der Waals surface area contributed by atoms with Crippen molar-refractivity contribution >= 4 is 34.8 Å². The number of rotatable bonds is 6. The first-order chi connectivity index (χ1) is 13.9. The number of carbonyl (C=O) groups is 2. The van der Waals surface area contributed by atoms with Crippen LogP contribution in [0.1, 0.15) is 6.92 Å². The average molecular weight is 419 g/mol. The zero-order valence-corrected chi connectivity index (χ0v) is 17.0. The zero-order chi connectivity index (χ0) is 20.8. The van der Waals surface area contributed by atoms with Gasteiger partial charge in [0.15, 0.2) is 0 Å². The molecule has 8 heteroatoms. The molecule has 1 aliphatic rings. The SMILES string of the molecule is C[C@@H](C(=O)Nc1ccccc1F)N1CCN(CC(=O)Nc2ccccc2Cl)CC1. The molecule has 0 spiro atoms. The lowest BCUT2D eigenvalue weighted by Gasteiger charge is -2.37. The van der Waals surface area contributed by atoms with Gasteiger partial charge in [0.25, 0.3) is 0 Å². The Morgan fingerprint density at radius 3 is 2.28 bits per heavy atom. The molecule has 0 unspecified atom stereocenters. The number of anilines is 2. The van der Waals surface area contributed by atoms with Crippen LogP contribution >= 0.6 is 11.6 Å². The predicted octanol–water partition coefficient (Wildman–Crippen LogP) is 3.06. The van der Waals surface area contributed by atoms with Crippen LogP contribution in [0.15, 0.2) is 48.5 Å². The van der Waals surface area contributed by atoms with Gasteiger partial charge in [-0.15, -0.1) is 0 Å². The highest BCUT2D eigenvalue weighted by Gasteiger charge is 2.26. The Kier molecular flexibility index (Phi) is 7.19. The van der Waals surface area contributed by atoms with Gasteiger partial charge < -0.3 is 10.6 Å². The minimum Gasteiger partial charge on any atom is -0.324 e. The molecule has 2 N–H and O–H groups in total. The van der Waals surface area contributed by atoms with Crippen LogP contribution in [0.5, 0.6) is 0 Å². The maximum atomic E-state index is 13.7. The van der Waals surface area contributed by atoms with Gasteiger partial charge in [-0.25, -0.2) is 4.39 Å². The molecular formula is C21H24ClFN4O2. The molecule has 3 rings (SSSR count). The number of nitrogens with zero attached hydrogens (tertiary/aromatic N) is 2. The summed E-state index contributed by atoms with van der Waals surface area (Å²) in [7, 11) is 0. The van der Waals surface area contributed by atoms with E-state index in [2.05, 4.69) is 10.6 Å². The number of benzene rings is 2. The van der Waals surface area contributed by atoms with Crippen LogP contribution in [0.25, 0.3) is 0 Å². The molecule has 29 heavy (non-hydrogen) atoms. The van der Waals surface area contributed by atoms with Crippen LogP contribution in [0, 0.1) is 5.82 Å². The third kappa shape index (κ3) is 5.76. The first-order valence-electron chi connectivity index (χ1n) is 9.50. The van der Waals surface area contributed by atoms with E-state index in [1.54, 1.807) is 37.3 Å². The highest BCUT2D eigenvalue weighted by molar-refractivity contribution is 6.33. The van der Waals surface area contributed by atoms with Crippen molar-refractivity contribution in [2.75, 3.05) is 43.4 Å². The fourth-order valence-corrected chi connectivity index (χ4v) is 3.41. The Labute approximate surface area is 174 Å². The zero-order valence-electron chi connectivity index (χ0n) is 16.2. The quantitative estimate of drug-likeness (QED) is 0.756. The second-order valence-electron chi connectivity index (χ2n) is 6.99. The molecule has 2 aromatic rings. The lowest BCUT2D eigenvalue weighted by atomic mass is 10.2. The van der Waals surface area contributed by atoms with E-state index in [0.717, 1.165) is 0 Å². The first kappa shape index (κ1) is 21.2. The number of para-hydroxylation sites is 2. The van der Waals surface area contributed by atoms with Crippen LogP contribution in [0.3, 0.4) is 0 Å². The molecule has 2 amide bonds. The fourth-order valence-electron chi connectivity index (χ4n) is 3.23. The van der Waals surface area contributed by atoms with Gasteiger partial charge in [-0.2, -0.15) is 0 Å². The molecule has 0 bridgehead atoms. The molecule has 1 saturated heterocycles. The van der Waals surface area contributed by atoms with Crippen LogP contribution in [0.2, 0.25) is 5.02 Å². The number of halogens is 2. The highest BCUT2D eigenvalue weighted by atomic mass is 35.5. The van der Waals surface area contributed by atoms with Gasteiger partial charge in [0.1, 0.15) is 5.82 Å². The van der Waals surface area contributed by atoms with Crippen molar-refractivity contribution in [3.8, 4) is 0 Å². The van der Waals surface area contributed by atoms with E-state index in [1.807, 2.05) is 15.9 Å². The topological polar surface area (TPSA) is 64.7 Å². The molecule has 0 aromatic heterocycles. The van der Waals surface area contributed by atoms with Crippen molar-refractivity contribution in [3.63, 3.8) is 0 Å². The summed E-state index contributed by atoms with van der Waals surface area (Å²) in [5.41, 5.74) is 0.774. The van der Waals surface area contributed by atoms with Crippen molar-refractivity contribution < 1.29 is 14.0 Å². The largest absolute Gasteiger partial charge is 0.324 e. The lowest BCUT2D eigenvalue weighted by Crippen LogP contribution is -2.53. The molecule has 154 valence electrons. The maximum absolute atomic E-state index is 13.7. The van der Waals surface area contributed by atoms with E-state index in [0.29, 0.717) is 36.9 Å². The van der Waals surface area contributed by atoms with Crippen LogP contribution in [-0.4, -0.2) is 60.4 Å². The third-order valence-electron chi connectivity index (χ3n) is 4.98. The average Bonchev–Trinajstić information content (AvgIpc) is 2.71. The van der Waals surface area contributed by atoms with E-state index >= 15 is 0 Å². The van der Waals surface area contributed by atoms with Crippen molar-refractivity contribution in [3.05, 3.63) is 59.4 Å². The molecule has 0 radical (unpaired) electrons. The number of piperazine rings is 1. The summed E-state index contributed by atoms with van der Waals surface area (Å²) in [6, 6.07) is 12.8. The summed E-state index contributed by atoms with van der Waals surface area (Å²) in [5, 5.41) is 5.95. The van der Waals surface area contributed by atoms with Gasteiger partial charge in [0.05, 0.1) is 29.0 Å². The van der Waals surface area contributed by atoms with E-state index in [9.17, 15) is 14.0 Å². The second-order valence-corrected chi connectivity index (χ2v) is 7.39. The number of carbonyl (C=O) groups excluding carboxylic acids is 2. The van der Waals surface area contributed by atoms with Gasteiger partial charge in [0.2, 0.25) is 11.8 Å². The number of hydrogen-bond acceptors (Lipinski definition) is 4. The standard InChI is InChI=1S/C21H24ClFN4O2/c1-15(21(29)25-19-9-5-3-7-17(19)23)27-12-10-26(11-13-27)14-20(28)24-18-8-4-2-6-16(18)22/h2-9,15H,10-14H2,1H3,(H,24,28)(H,25,29)/t15-/m0/s1. The van der Waals surface area contributed by atoms with E-state index in [4.69, 9.17) is 11.6 Å². The fraction of sp³-hybridized carbons (Fsp3) is 0.333. The molecule has 2 aromatic carbocycles. The van der Waals surface area contributed by atoms with Gasteiger partial charge in [-0.1, -0.05) is 35.9 Å². The number of nitrogens with one attached hydrogen (secondary N) is 2. The van der Waals surface area contributed by atoms with Gasteiger partial charge in [0, 0.05) is 26.2 Å². The van der Waals surface area contributed by atoms with Gasteiger partial charge in [-0.3, -0.25) is 19.4 Å². The highest BCUT2D eigenvalue weighted by Crippen LogP contribution is 2.20. The van der Waals surface area contributed by atoms with E-state index in [-0.39, 0.29) is 24.0 Å². The minimum absolute atomic E-state index is 0.128.